The molecule has 1 aromatic carbocycles. The van der Waals surface area contributed by atoms with Crippen molar-refractivity contribution in [1.29, 1.82) is 0 Å². The van der Waals surface area contributed by atoms with E-state index >= 15 is 0 Å². The van der Waals surface area contributed by atoms with Gasteiger partial charge in [0.1, 0.15) is 10.1 Å². The first-order valence-electron chi connectivity index (χ1n) is 2.82. The van der Waals surface area contributed by atoms with Crippen LogP contribution in [0.25, 0.3) is 0 Å². The summed E-state index contributed by atoms with van der Waals surface area (Å²) in [6, 6.07) is 5.55. The van der Waals surface area contributed by atoms with Crippen molar-refractivity contribution in [2.75, 3.05) is 5.73 Å². The van der Waals surface area contributed by atoms with Crippen LogP contribution in [0.5, 0.6) is 0 Å². The van der Waals surface area contributed by atoms with Crippen molar-refractivity contribution < 1.29 is 53.5 Å². The Morgan fingerprint density at radius 1 is 1.14 bits per heavy atom. The molecule has 6 N–H and O–H groups in total. The molecule has 0 aliphatic rings. The van der Waals surface area contributed by atoms with Gasteiger partial charge in [-0.25, -0.2) is 8.42 Å². The summed E-state index contributed by atoms with van der Waals surface area (Å²) in [6.45, 7) is 0. The van der Waals surface area contributed by atoms with Gasteiger partial charge in [0, 0.05) is 5.69 Å². The average Bonchev–Trinajstić information content (AvgIpc) is 1.86. The van der Waals surface area contributed by atoms with E-state index in [1.54, 1.807) is 6.07 Å². The molecule has 0 aliphatic heterocycles. The van der Waals surface area contributed by atoms with Crippen molar-refractivity contribution >= 4 is 15.8 Å². The van der Waals surface area contributed by atoms with Crippen LogP contribution in [-0.4, -0.2) is 23.9 Å². The molecule has 0 aliphatic carbocycles. The quantitative estimate of drug-likeness (QED) is 0.295. The van der Waals surface area contributed by atoms with Crippen LogP contribution in [0.3, 0.4) is 0 Å². The Kier molecular flexibility index (Phi) is 9.97. The van der Waals surface area contributed by atoms with Gasteiger partial charge < -0.3 is 21.2 Å². The number of anilines is 1. The minimum Gasteiger partial charge on any atom is -0.744 e. The van der Waals surface area contributed by atoms with Gasteiger partial charge in [-0.05, 0) is 12.1 Å². The van der Waals surface area contributed by atoms with E-state index in [0.29, 0.717) is 0 Å². The fourth-order valence-electron chi connectivity index (χ4n) is 0.708. The van der Waals surface area contributed by atoms with Crippen LogP contribution < -0.4 is 35.3 Å². The molecule has 0 spiro atoms. The van der Waals surface area contributed by atoms with Crippen molar-refractivity contribution in [3.63, 3.8) is 0 Å². The Labute approximate surface area is 104 Å². The first-order valence-corrected chi connectivity index (χ1v) is 4.23. The van der Waals surface area contributed by atoms with E-state index in [0.717, 1.165) is 0 Å². The molecule has 1 rings (SSSR count). The summed E-state index contributed by atoms with van der Waals surface area (Å²) in [6.07, 6.45) is 0. The maximum Gasteiger partial charge on any atom is 1.00 e. The molecule has 0 fully saturated rings. The van der Waals surface area contributed by atoms with Gasteiger partial charge in [0.2, 0.25) is 0 Å². The molecule has 76 valence electrons. The second kappa shape index (κ2) is 7.18. The maximum atomic E-state index is 10.4. The summed E-state index contributed by atoms with van der Waals surface area (Å²) >= 11 is 0. The topological polar surface area (TPSA) is 146 Å². The maximum absolute atomic E-state index is 10.4. The third-order valence-corrected chi connectivity index (χ3v) is 2.10. The zero-order valence-electron chi connectivity index (χ0n) is 7.52. The predicted molar refractivity (Wildman–Crippen MR) is 46.0 cm³/mol. The molecule has 14 heavy (non-hydrogen) atoms. The van der Waals surface area contributed by atoms with Crippen LogP contribution in [-0.2, 0) is 10.1 Å². The molecule has 8 heteroatoms. The third kappa shape index (κ3) is 4.91. The van der Waals surface area contributed by atoms with E-state index in [4.69, 9.17) is 5.73 Å². The first-order chi connectivity index (χ1) is 5.02. The van der Waals surface area contributed by atoms with Crippen LogP contribution in [0.1, 0.15) is 0 Å². The summed E-state index contributed by atoms with van der Waals surface area (Å²) in [5.41, 5.74) is 5.22. The summed E-state index contributed by atoms with van der Waals surface area (Å²) < 4.78 is 31.3. The molecule has 0 saturated carbocycles. The van der Waals surface area contributed by atoms with Gasteiger partial charge in [-0.2, -0.15) is 0 Å². The molecule has 6 nitrogen and oxygen atoms in total. The molecule has 0 aromatic heterocycles. The summed E-state index contributed by atoms with van der Waals surface area (Å²) in [5, 5.41) is 0. The van der Waals surface area contributed by atoms with E-state index in [1.807, 2.05) is 0 Å². The van der Waals surface area contributed by atoms with Gasteiger partial charge >= 0.3 is 29.6 Å². The molecule has 0 bridgehead atoms. The molecule has 0 amide bonds. The summed E-state index contributed by atoms with van der Waals surface area (Å²) in [5.74, 6) is 0. The molecule has 0 saturated heterocycles. The van der Waals surface area contributed by atoms with Crippen LogP contribution >= 0.6 is 0 Å². The van der Waals surface area contributed by atoms with Gasteiger partial charge in [-0.3, -0.25) is 0 Å². The van der Waals surface area contributed by atoms with Gasteiger partial charge in [-0.1, -0.05) is 12.1 Å². The van der Waals surface area contributed by atoms with Crippen molar-refractivity contribution in [2.45, 2.75) is 4.90 Å². The van der Waals surface area contributed by atoms with E-state index in [-0.39, 0.29) is 51.1 Å². The molecular formula is C6H10NNaO5S. The fourth-order valence-corrected chi connectivity index (χ4v) is 1.31. The van der Waals surface area contributed by atoms with Gasteiger partial charge in [-0.15, -0.1) is 0 Å². The summed E-state index contributed by atoms with van der Waals surface area (Å²) in [7, 11) is -4.41. The zero-order valence-corrected chi connectivity index (χ0v) is 10.3. The Bertz CT molecular complexity index is 366. The van der Waals surface area contributed by atoms with Crippen LogP contribution in [0.4, 0.5) is 5.69 Å². The SMILES string of the molecule is Nc1ccccc1S(=O)(=O)[O-].O.O.[Na+]. The minimum absolute atomic E-state index is 0. The van der Waals surface area contributed by atoms with Gasteiger partial charge in [0.05, 0.1) is 4.90 Å². The number of benzene rings is 1. The number of rotatable bonds is 1. The standard InChI is InChI=1S/C6H7NO3S.Na.2H2O/c7-5-3-1-2-4-6(5)11(8,9)10;;;/h1-4H,7H2,(H,8,9,10);;2*1H2/q;+1;;/p-1. The average molecular weight is 231 g/mol. The normalized spacial score (nSPS) is 8.93. The molecule has 0 heterocycles. The minimum atomic E-state index is -4.41. The van der Waals surface area contributed by atoms with Crippen LogP contribution in [0.2, 0.25) is 0 Å². The first kappa shape index (κ1) is 19.4. The van der Waals surface area contributed by atoms with Gasteiger partial charge in [0.15, 0.2) is 0 Å². The third-order valence-electron chi connectivity index (χ3n) is 1.19. The Balaban J connectivity index is -0.000000403. The monoisotopic (exact) mass is 231 g/mol. The van der Waals surface area contributed by atoms with E-state index in [9.17, 15) is 13.0 Å². The Morgan fingerprint density at radius 3 is 1.86 bits per heavy atom. The van der Waals surface area contributed by atoms with E-state index < -0.39 is 10.1 Å². The smallest absolute Gasteiger partial charge is 0.744 e. The van der Waals surface area contributed by atoms with Crippen LogP contribution in [0, 0.1) is 0 Å². The van der Waals surface area contributed by atoms with Crippen LogP contribution in [0.15, 0.2) is 29.2 Å². The number of hydrogen-bond acceptors (Lipinski definition) is 4. The van der Waals surface area contributed by atoms with Crippen molar-refractivity contribution in [3.8, 4) is 0 Å². The van der Waals surface area contributed by atoms with Crippen molar-refractivity contribution in [1.82, 2.24) is 0 Å². The second-order valence-corrected chi connectivity index (χ2v) is 3.34. The number of nitrogen functional groups attached to an aromatic ring is 1. The molecule has 0 radical (unpaired) electrons. The number of para-hydroxylation sites is 1. The number of hydrogen-bond donors (Lipinski definition) is 1. The Morgan fingerprint density at radius 2 is 1.57 bits per heavy atom. The fraction of sp³-hybridized carbons (Fsp3) is 0. The van der Waals surface area contributed by atoms with E-state index in [2.05, 4.69) is 0 Å². The molecule has 0 atom stereocenters. The van der Waals surface area contributed by atoms with Gasteiger partial charge in [0.25, 0.3) is 0 Å². The molecule has 1 aromatic rings. The number of nitrogens with two attached hydrogens (primary N) is 1. The van der Waals surface area contributed by atoms with E-state index in [1.165, 1.54) is 18.2 Å². The Hall–Kier alpha value is -0.150. The molecular weight excluding hydrogens is 221 g/mol. The molecule has 0 unspecified atom stereocenters. The predicted octanol–water partition coefficient (Wildman–Crippen LogP) is -4.47. The van der Waals surface area contributed by atoms with Crippen molar-refractivity contribution in [2.24, 2.45) is 0 Å². The van der Waals surface area contributed by atoms with Crippen molar-refractivity contribution in [3.05, 3.63) is 24.3 Å². The zero-order chi connectivity index (χ0) is 8.48. The second-order valence-electron chi connectivity index (χ2n) is 1.99. The largest absolute Gasteiger partial charge is 1.00 e. The summed E-state index contributed by atoms with van der Waals surface area (Å²) in [4.78, 5) is -0.361.